The van der Waals surface area contributed by atoms with Gasteiger partial charge in [-0.05, 0) is 13.8 Å². The van der Waals surface area contributed by atoms with Crippen LogP contribution in [0.4, 0.5) is 5.69 Å². The van der Waals surface area contributed by atoms with Gasteiger partial charge in [-0.1, -0.05) is 11.6 Å². The Morgan fingerprint density at radius 2 is 2.20 bits per heavy atom. The van der Waals surface area contributed by atoms with Gasteiger partial charge in [0.15, 0.2) is 0 Å². The molecule has 0 saturated heterocycles. The van der Waals surface area contributed by atoms with Gasteiger partial charge in [0.05, 0.1) is 11.9 Å². The molecule has 15 heavy (non-hydrogen) atoms. The van der Waals surface area contributed by atoms with Crippen molar-refractivity contribution >= 4 is 24.6 Å². The number of halogens is 1. The molecule has 0 unspecified atom stereocenters. The summed E-state index contributed by atoms with van der Waals surface area (Å²) < 4.78 is 4.73. The minimum atomic E-state index is -1.87. The molecule has 1 rings (SSSR count). The molecule has 7 heteroatoms. The average molecular weight is 230 g/mol. The van der Waals surface area contributed by atoms with E-state index in [2.05, 4.69) is 10.3 Å². The molecule has 82 valence electrons. The van der Waals surface area contributed by atoms with E-state index in [0.29, 0.717) is 10.8 Å². The summed E-state index contributed by atoms with van der Waals surface area (Å²) in [6.45, 7) is 3.88. The maximum absolute atomic E-state index is 8.68. The van der Waals surface area contributed by atoms with Gasteiger partial charge in [0, 0.05) is 12.1 Å². The third-order valence-corrected chi connectivity index (χ3v) is 1.72. The Morgan fingerprint density at radius 3 is 2.73 bits per heavy atom. The first-order valence-electron chi connectivity index (χ1n) is 4.44. The quantitative estimate of drug-likeness (QED) is 0.529. The lowest BCUT2D eigenvalue weighted by molar-refractivity contribution is 0.288. The smallest absolute Gasteiger partial charge is 0.509 e. The summed E-state index contributed by atoms with van der Waals surface area (Å²) in [7, 11) is -1.87. The Morgan fingerprint density at radius 1 is 1.53 bits per heavy atom. The summed E-state index contributed by atoms with van der Waals surface area (Å²) in [5.41, 5.74) is 0.568. The highest BCUT2D eigenvalue weighted by atomic mass is 35.5. The van der Waals surface area contributed by atoms with Crippen LogP contribution in [0.2, 0.25) is 5.15 Å². The Kier molecular flexibility index (Phi) is 4.20. The van der Waals surface area contributed by atoms with Gasteiger partial charge in [-0.15, -0.1) is 0 Å². The van der Waals surface area contributed by atoms with E-state index in [4.69, 9.17) is 26.3 Å². The molecule has 0 amide bonds. The van der Waals surface area contributed by atoms with Gasteiger partial charge in [0.1, 0.15) is 10.9 Å². The molecule has 5 nitrogen and oxygen atoms in total. The van der Waals surface area contributed by atoms with Crippen molar-refractivity contribution in [3.63, 3.8) is 0 Å². The van der Waals surface area contributed by atoms with Crippen LogP contribution in [-0.2, 0) is 0 Å². The Labute approximate surface area is 93.2 Å². The first kappa shape index (κ1) is 12.1. The predicted molar refractivity (Wildman–Crippen MR) is 58.8 cm³/mol. The molecule has 0 aliphatic carbocycles. The van der Waals surface area contributed by atoms with Crippen LogP contribution >= 0.6 is 11.6 Å². The number of hydrogen-bond acceptors (Lipinski definition) is 5. The fourth-order valence-electron chi connectivity index (χ4n) is 1.05. The molecule has 0 bridgehead atoms. The van der Waals surface area contributed by atoms with E-state index in [1.807, 2.05) is 13.8 Å². The zero-order valence-electron chi connectivity index (χ0n) is 8.44. The van der Waals surface area contributed by atoms with Gasteiger partial charge in [0.25, 0.3) is 0 Å². The lowest BCUT2D eigenvalue weighted by Gasteiger charge is -2.15. The van der Waals surface area contributed by atoms with Gasteiger partial charge >= 0.3 is 7.32 Å². The van der Waals surface area contributed by atoms with Crippen molar-refractivity contribution in [3.05, 3.63) is 17.4 Å². The highest BCUT2D eigenvalue weighted by molar-refractivity contribution is 6.34. The average Bonchev–Trinajstić information content (AvgIpc) is 2.08. The van der Waals surface area contributed by atoms with Crippen molar-refractivity contribution in [2.75, 3.05) is 5.32 Å². The summed E-state index contributed by atoms with van der Waals surface area (Å²) in [6, 6.07) is 1.72. The Hall–Kier alpha value is -0.975. The third-order valence-electron chi connectivity index (χ3n) is 1.51. The molecule has 0 aliphatic rings. The van der Waals surface area contributed by atoms with Crippen LogP contribution < -0.4 is 9.97 Å². The molecular weight excluding hydrogens is 218 g/mol. The van der Waals surface area contributed by atoms with E-state index in [9.17, 15) is 0 Å². The van der Waals surface area contributed by atoms with Crippen molar-refractivity contribution in [1.82, 2.24) is 4.98 Å². The van der Waals surface area contributed by atoms with Crippen molar-refractivity contribution in [2.24, 2.45) is 0 Å². The van der Waals surface area contributed by atoms with Gasteiger partial charge in [-0.25, -0.2) is 4.98 Å². The standard InChI is InChI=1S/C8H12BClN2O3/c1-5(2)12-6-3-8(10)11-4-7(6)15-9(13)14/h3-5,13-14H,1-2H3,(H,11,12). The zero-order chi connectivity index (χ0) is 11.4. The van der Waals surface area contributed by atoms with Gasteiger partial charge < -0.3 is 20.0 Å². The Bertz CT molecular complexity index is 336. The molecule has 1 heterocycles. The van der Waals surface area contributed by atoms with Crippen molar-refractivity contribution in [2.45, 2.75) is 19.9 Å². The van der Waals surface area contributed by atoms with E-state index >= 15 is 0 Å². The molecule has 1 aromatic rings. The number of nitrogens with zero attached hydrogens (tertiary/aromatic N) is 1. The molecule has 0 fully saturated rings. The molecule has 0 aromatic carbocycles. The lowest BCUT2D eigenvalue weighted by atomic mass is 10.2. The molecule has 0 spiro atoms. The first-order chi connectivity index (χ1) is 6.99. The van der Waals surface area contributed by atoms with E-state index in [0.717, 1.165) is 0 Å². The van der Waals surface area contributed by atoms with E-state index in [-0.39, 0.29) is 11.8 Å². The van der Waals surface area contributed by atoms with Crippen LogP contribution in [0.5, 0.6) is 5.75 Å². The number of aromatic nitrogens is 1. The molecule has 3 N–H and O–H groups in total. The molecule has 0 radical (unpaired) electrons. The topological polar surface area (TPSA) is 74.6 Å². The number of hydrogen-bond donors (Lipinski definition) is 3. The third kappa shape index (κ3) is 3.95. The zero-order valence-corrected chi connectivity index (χ0v) is 9.19. The largest absolute Gasteiger partial charge is 0.707 e. The van der Waals surface area contributed by atoms with Crippen LogP contribution in [0, 0.1) is 0 Å². The molecular formula is C8H12BClN2O3. The first-order valence-corrected chi connectivity index (χ1v) is 4.81. The minimum absolute atomic E-state index is 0.168. The number of rotatable bonds is 4. The van der Waals surface area contributed by atoms with Crippen LogP contribution in [0.3, 0.4) is 0 Å². The summed E-state index contributed by atoms with van der Waals surface area (Å²) in [4.78, 5) is 3.78. The maximum atomic E-state index is 8.68. The summed E-state index contributed by atoms with van der Waals surface area (Å²) >= 11 is 5.71. The highest BCUT2D eigenvalue weighted by Gasteiger charge is 2.15. The number of anilines is 1. The van der Waals surface area contributed by atoms with Gasteiger partial charge in [-0.3, -0.25) is 0 Å². The highest BCUT2D eigenvalue weighted by Crippen LogP contribution is 2.26. The fraction of sp³-hybridized carbons (Fsp3) is 0.375. The second-order valence-electron chi connectivity index (χ2n) is 3.25. The second kappa shape index (κ2) is 5.20. The maximum Gasteiger partial charge on any atom is 0.707 e. The van der Waals surface area contributed by atoms with Crippen LogP contribution in [0.15, 0.2) is 12.3 Å². The number of nitrogens with one attached hydrogen (secondary N) is 1. The SMILES string of the molecule is CC(C)Nc1cc(Cl)ncc1OB(O)O. The summed E-state index contributed by atoms with van der Waals surface area (Å²) in [6.07, 6.45) is 1.33. The van der Waals surface area contributed by atoms with Crippen LogP contribution in [0.25, 0.3) is 0 Å². The van der Waals surface area contributed by atoms with Crippen molar-refractivity contribution < 1.29 is 14.7 Å². The van der Waals surface area contributed by atoms with Crippen LogP contribution in [-0.4, -0.2) is 28.4 Å². The number of pyridine rings is 1. The summed E-state index contributed by atoms with van der Waals surface area (Å²) in [5, 5.41) is 20.7. The Balaban J connectivity index is 2.92. The summed E-state index contributed by atoms with van der Waals surface area (Å²) in [5.74, 6) is 0.239. The molecule has 0 saturated carbocycles. The van der Waals surface area contributed by atoms with E-state index in [1.165, 1.54) is 6.20 Å². The normalized spacial score (nSPS) is 10.3. The fourth-order valence-corrected chi connectivity index (χ4v) is 1.21. The van der Waals surface area contributed by atoms with E-state index < -0.39 is 7.32 Å². The van der Waals surface area contributed by atoms with Crippen LogP contribution in [0.1, 0.15) is 13.8 Å². The van der Waals surface area contributed by atoms with Gasteiger partial charge in [-0.2, -0.15) is 0 Å². The second-order valence-corrected chi connectivity index (χ2v) is 3.63. The van der Waals surface area contributed by atoms with Gasteiger partial charge in [0.2, 0.25) is 0 Å². The predicted octanol–water partition coefficient (Wildman–Crippen LogP) is 0.904. The molecule has 1 aromatic heterocycles. The van der Waals surface area contributed by atoms with Crippen molar-refractivity contribution in [3.8, 4) is 5.75 Å². The molecule has 0 aliphatic heterocycles. The molecule has 0 atom stereocenters. The monoisotopic (exact) mass is 230 g/mol. The van der Waals surface area contributed by atoms with Crippen molar-refractivity contribution in [1.29, 1.82) is 0 Å². The minimum Gasteiger partial charge on any atom is -0.509 e. The van der Waals surface area contributed by atoms with E-state index in [1.54, 1.807) is 6.07 Å². The lowest BCUT2D eigenvalue weighted by Crippen LogP contribution is -2.22.